The van der Waals surface area contributed by atoms with Crippen LogP contribution in [0.3, 0.4) is 0 Å². The third-order valence-electron chi connectivity index (χ3n) is 3.14. The molecule has 0 aliphatic rings. The summed E-state index contributed by atoms with van der Waals surface area (Å²) >= 11 is 0.541. The topological polar surface area (TPSA) is 29.5 Å². The molecule has 0 saturated heterocycles. The minimum atomic E-state index is -2.40. The van der Waals surface area contributed by atoms with Gasteiger partial charge in [0.25, 0.3) is 5.76 Å². The van der Waals surface area contributed by atoms with Crippen LogP contribution >= 0.6 is 11.8 Å². The van der Waals surface area contributed by atoms with Gasteiger partial charge in [-0.25, -0.2) is 0 Å². The first-order chi connectivity index (χ1) is 9.96. The number of carbonyl (C=O) groups is 1. The highest BCUT2D eigenvalue weighted by Crippen LogP contribution is 2.25. The second-order valence-corrected chi connectivity index (χ2v) is 5.84. The van der Waals surface area contributed by atoms with Gasteiger partial charge in [0, 0.05) is 18.0 Å². The van der Waals surface area contributed by atoms with E-state index in [4.69, 9.17) is 4.74 Å². The quantitative estimate of drug-likeness (QED) is 0.541. The Balaban J connectivity index is 2.58. The number of esters is 1. The summed E-state index contributed by atoms with van der Waals surface area (Å²) in [6.07, 6.45) is 0. The number of ether oxygens (including phenoxy) is 1. The van der Waals surface area contributed by atoms with E-state index in [0.717, 1.165) is 12.1 Å². The van der Waals surface area contributed by atoms with E-state index in [-0.39, 0.29) is 11.9 Å². The molecule has 0 heterocycles. The molecule has 0 spiro atoms. The maximum absolute atomic E-state index is 12.2. The van der Waals surface area contributed by atoms with Crippen LogP contribution in [0.5, 0.6) is 0 Å². The lowest BCUT2D eigenvalue weighted by Crippen LogP contribution is -2.31. The Labute approximate surface area is 128 Å². The molecule has 0 aliphatic carbocycles. The predicted molar refractivity (Wildman–Crippen MR) is 80.4 cm³/mol. The zero-order chi connectivity index (χ0) is 15.8. The van der Waals surface area contributed by atoms with E-state index in [9.17, 15) is 13.6 Å². The van der Waals surface area contributed by atoms with Crippen LogP contribution < -0.4 is 0 Å². The Morgan fingerprint density at radius 1 is 1.33 bits per heavy atom. The van der Waals surface area contributed by atoms with Crippen LogP contribution in [0.15, 0.2) is 29.2 Å². The van der Waals surface area contributed by atoms with Crippen LogP contribution in [-0.2, 0) is 16.1 Å². The fourth-order valence-electron chi connectivity index (χ4n) is 2.00. The molecule has 0 saturated carbocycles. The second kappa shape index (κ2) is 9.00. The molecule has 118 valence electrons. The average Bonchev–Trinajstić information content (AvgIpc) is 2.46. The van der Waals surface area contributed by atoms with Gasteiger partial charge in [0.15, 0.2) is 0 Å². The van der Waals surface area contributed by atoms with Crippen molar-refractivity contribution in [1.29, 1.82) is 0 Å². The number of methoxy groups -OCH3 is 1. The Bertz CT molecular complexity index is 440. The Morgan fingerprint density at radius 3 is 2.43 bits per heavy atom. The summed E-state index contributed by atoms with van der Waals surface area (Å²) in [7, 11) is 1.38. The molecular weight excluding hydrogens is 296 g/mol. The first kappa shape index (κ1) is 17.9. The van der Waals surface area contributed by atoms with Crippen molar-refractivity contribution in [3.8, 4) is 0 Å². The van der Waals surface area contributed by atoms with E-state index >= 15 is 0 Å². The molecule has 1 atom stereocenters. The smallest absolute Gasteiger partial charge is 0.309 e. The molecule has 0 aromatic heterocycles. The lowest BCUT2D eigenvalue weighted by atomic mass is 10.1. The average molecular weight is 317 g/mol. The number of rotatable bonds is 8. The lowest BCUT2D eigenvalue weighted by Gasteiger charge is -2.23. The van der Waals surface area contributed by atoms with Gasteiger partial charge < -0.3 is 4.74 Å². The fourth-order valence-corrected chi connectivity index (χ4v) is 2.50. The molecule has 0 fully saturated rings. The molecule has 0 bridgehead atoms. The van der Waals surface area contributed by atoms with Gasteiger partial charge in [-0.15, -0.1) is 0 Å². The second-order valence-electron chi connectivity index (χ2n) is 4.77. The molecule has 21 heavy (non-hydrogen) atoms. The Kier molecular flexibility index (Phi) is 7.67. The van der Waals surface area contributed by atoms with Gasteiger partial charge in [-0.2, -0.15) is 8.78 Å². The highest BCUT2D eigenvalue weighted by atomic mass is 32.2. The minimum absolute atomic E-state index is 0.191. The molecule has 3 nitrogen and oxygen atoms in total. The van der Waals surface area contributed by atoms with Gasteiger partial charge in [0.1, 0.15) is 0 Å². The van der Waals surface area contributed by atoms with Gasteiger partial charge in [0.05, 0.1) is 13.0 Å². The van der Waals surface area contributed by atoms with Crippen molar-refractivity contribution in [2.45, 2.75) is 31.0 Å². The van der Waals surface area contributed by atoms with Crippen LogP contribution in [0.4, 0.5) is 8.78 Å². The molecule has 6 heteroatoms. The molecule has 1 aromatic rings. The van der Waals surface area contributed by atoms with E-state index in [1.165, 1.54) is 7.11 Å². The minimum Gasteiger partial charge on any atom is -0.469 e. The van der Waals surface area contributed by atoms with Crippen LogP contribution in [-0.4, -0.2) is 36.8 Å². The molecule has 1 rings (SSSR count). The fraction of sp³-hybridized carbons (Fsp3) is 0.533. The number of thioether (sulfide) groups is 1. The van der Waals surface area contributed by atoms with Crippen molar-refractivity contribution in [3.05, 3.63) is 29.8 Å². The number of carbonyl (C=O) groups excluding carboxylic acids is 1. The molecular formula is C15H21F2NO2S. The monoisotopic (exact) mass is 317 g/mol. The SMILES string of the molecule is CCN(Cc1ccc(SC(F)F)cc1)CC(C)C(=O)OC. The Morgan fingerprint density at radius 2 is 1.95 bits per heavy atom. The lowest BCUT2D eigenvalue weighted by molar-refractivity contribution is -0.145. The summed E-state index contributed by atoms with van der Waals surface area (Å²) in [5.41, 5.74) is 1.03. The third-order valence-corrected chi connectivity index (χ3v) is 3.86. The molecule has 0 N–H and O–H groups in total. The largest absolute Gasteiger partial charge is 0.469 e. The van der Waals surface area contributed by atoms with Crippen LogP contribution in [0.25, 0.3) is 0 Å². The zero-order valence-corrected chi connectivity index (χ0v) is 13.3. The first-order valence-corrected chi connectivity index (χ1v) is 7.68. The molecule has 0 aliphatic heterocycles. The molecule has 0 amide bonds. The van der Waals surface area contributed by atoms with Crippen molar-refractivity contribution in [1.82, 2.24) is 4.90 Å². The summed E-state index contributed by atoms with van der Waals surface area (Å²) in [6.45, 7) is 5.94. The molecule has 1 unspecified atom stereocenters. The first-order valence-electron chi connectivity index (χ1n) is 6.80. The highest BCUT2D eigenvalue weighted by molar-refractivity contribution is 7.99. The van der Waals surface area contributed by atoms with E-state index in [0.29, 0.717) is 29.7 Å². The molecule has 1 aromatic carbocycles. The van der Waals surface area contributed by atoms with Crippen molar-refractivity contribution in [3.63, 3.8) is 0 Å². The van der Waals surface area contributed by atoms with Crippen molar-refractivity contribution >= 4 is 17.7 Å². The number of halogens is 2. The van der Waals surface area contributed by atoms with Gasteiger partial charge in [0.2, 0.25) is 0 Å². The van der Waals surface area contributed by atoms with Gasteiger partial charge >= 0.3 is 5.97 Å². The van der Waals surface area contributed by atoms with Gasteiger partial charge in [-0.3, -0.25) is 9.69 Å². The van der Waals surface area contributed by atoms with Crippen LogP contribution in [0.2, 0.25) is 0 Å². The summed E-state index contributed by atoms with van der Waals surface area (Å²) in [4.78, 5) is 14.1. The van der Waals surface area contributed by atoms with Crippen LogP contribution in [0.1, 0.15) is 19.4 Å². The predicted octanol–water partition coefficient (Wildman–Crippen LogP) is 3.63. The summed E-state index contributed by atoms with van der Waals surface area (Å²) < 4.78 is 29.2. The zero-order valence-electron chi connectivity index (χ0n) is 12.5. The number of nitrogens with zero attached hydrogens (tertiary/aromatic N) is 1. The maximum Gasteiger partial charge on any atom is 0.309 e. The summed E-state index contributed by atoms with van der Waals surface area (Å²) in [6, 6.07) is 7.08. The summed E-state index contributed by atoms with van der Waals surface area (Å²) in [5.74, 6) is -2.82. The van der Waals surface area contributed by atoms with Crippen LogP contribution in [0, 0.1) is 5.92 Å². The Hall–Kier alpha value is -1.14. The standard InChI is InChI=1S/C15H21F2NO2S/c1-4-18(9-11(2)14(19)20-3)10-12-5-7-13(8-6-12)21-15(16)17/h5-8,11,15H,4,9-10H2,1-3H3. The summed E-state index contributed by atoms with van der Waals surface area (Å²) in [5, 5.41) is 0. The highest BCUT2D eigenvalue weighted by Gasteiger charge is 2.17. The van der Waals surface area contributed by atoms with Crippen molar-refractivity contribution in [2.24, 2.45) is 5.92 Å². The van der Waals surface area contributed by atoms with E-state index in [1.807, 2.05) is 26.0 Å². The third kappa shape index (κ3) is 6.44. The maximum atomic E-state index is 12.2. The van der Waals surface area contributed by atoms with E-state index < -0.39 is 5.76 Å². The van der Waals surface area contributed by atoms with E-state index in [2.05, 4.69) is 4.90 Å². The van der Waals surface area contributed by atoms with Gasteiger partial charge in [-0.05, 0) is 24.2 Å². The van der Waals surface area contributed by atoms with Gasteiger partial charge in [-0.1, -0.05) is 37.7 Å². The number of hydrogen-bond acceptors (Lipinski definition) is 4. The van der Waals surface area contributed by atoms with Crippen molar-refractivity contribution in [2.75, 3.05) is 20.2 Å². The number of alkyl halides is 2. The molecule has 0 radical (unpaired) electrons. The van der Waals surface area contributed by atoms with Crippen molar-refractivity contribution < 1.29 is 18.3 Å². The normalized spacial score (nSPS) is 12.7. The number of benzene rings is 1. The number of hydrogen-bond donors (Lipinski definition) is 0. The van der Waals surface area contributed by atoms with E-state index in [1.54, 1.807) is 12.1 Å².